The first-order valence-corrected chi connectivity index (χ1v) is 8.53. The van der Waals surface area contributed by atoms with E-state index in [9.17, 15) is 5.11 Å². The molecule has 2 N–H and O–H groups in total. The van der Waals surface area contributed by atoms with Gasteiger partial charge >= 0.3 is 0 Å². The zero-order chi connectivity index (χ0) is 15.5. The molecular formula is C17H34N2O2. The molecule has 21 heavy (non-hydrogen) atoms. The fraction of sp³-hybridized carbons (Fsp3) is 1.00. The van der Waals surface area contributed by atoms with Gasteiger partial charge in [0, 0.05) is 37.2 Å². The number of aliphatic hydroxyl groups is 1. The van der Waals surface area contributed by atoms with Crippen LogP contribution in [0.25, 0.3) is 0 Å². The summed E-state index contributed by atoms with van der Waals surface area (Å²) in [4.78, 5) is 2.54. The maximum Gasteiger partial charge on any atom is 0.0552 e. The SMILES string of the molecule is CC(O)C1CCN(CC2(CNC(C)(C)C)CCCOC2)C1. The number of likely N-dealkylation sites (tertiary alicyclic amines) is 1. The Morgan fingerprint density at radius 3 is 2.71 bits per heavy atom. The number of hydrogen-bond acceptors (Lipinski definition) is 4. The molecule has 4 nitrogen and oxygen atoms in total. The largest absolute Gasteiger partial charge is 0.393 e. The molecule has 0 aromatic heterocycles. The molecule has 3 unspecified atom stereocenters. The lowest BCUT2D eigenvalue weighted by Gasteiger charge is -2.42. The molecule has 0 aromatic rings. The lowest BCUT2D eigenvalue weighted by Crippen LogP contribution is -2.52. The van der Waals surface area contributed by atoms with Crippen molar-refractivity contribution < 1.29 is 9.84 Å². The summed E-state index contributed by atoms with van der Waals surface area (Å²) < 4.78 is 5.82. The Bertz CT molecular complexity index is 319. The van der Waals surface area contributed by atoms with Gasteiger partial charge in [-0.25, -0.2) is 0 Å². The Kier molecular flexibility index (Phi) is 5.69. The summed E-state index contributed by atoms with van der Waals surface area (Å²) in [7, 11) is 0. The Morgan fingerprint density at radius 2 is 2.19 bits per heavy atom. The van der Waals surface area contributed by atoms with Crippen LogP contribution in [0.4, 0.5) is 0 Å². The van der Waals surface area contributed by atoms with Crippen LogP contribution in [0.5, 0.6) is 0 Å². The van der Waals surface area contributed by atoms with Crippen molar-refractivity contribution in [1.82, 2.24) is 10.2 Å². The summed E-state index contributed by atoms with van der Waals surface area (Å²) in [6.07, 6.45) is 3.36. The van der Waals surface area contributed by atoms with Crippen LogP contribution in [0.15, 0.2) is 0 Å². The molecule has 2 aliphatic heterocycles. The van der Waals surface area contributed by atoms with Crippen LogP contribution in [-0.2, 0) is 4.74 Å². The van der Waals surface area contributed by atoms with Crippen LogP contribution in [-0.4, -0.2) is 61.0 Å². The maximum atomic E-state index is 9.79. The lowest BCUT2D eigenvalue weighted by atomic mass is 9.81. The summed E-state index contributed by atoms with van der Waals surface area (Å²) in [6, 6.07) is 0. The number of aliphatic hydroxyl groups excluding tert-OH is 1. The molecule has 0 spiro atoms. The van der Waals surface area contributed by atoms with Crippen molar-refractivity contribution >= 4 is 0 Å². The first kappa shape index (κ1) is 17.2. The predicted molar refractivity (Wildman–Crippen MR) is 86.5 cm³/mol. The molecule has 0 saturated carbocycles. The smallest absolute Gasteiger partial charge is 0.0552 e. The summed E-state index contributed by atoms with van der Waals surface area (Å²) in [5, 5.41) is 13.5. The Labute approximate surface area is 130 Å². The molecular weight excluding hydrogens is 264 g/mol. The van der Waals surface area contributed by atoms with E-state index in [0.29, 0.717) is 5.92 Å². The fourth-order valence-corrected chi connectivity index (χ4v) is 3.56. The Hall–Kier alpha value is -0.160. The maximum absolute atomic E-state index is 9.79. The Balaban J connectivity index is 1.93. The molecule has 2 saturated heterocycles. The highest BCUT2D eigenvalue weighted by atomic mass is 16.5. The van der Waals surface area contributed by atoms with Gasteiger partial charge in [-0.05, 0) is 59.4 Å². The highest BCUT2D eigenvalue weighted by Gasteiger charge is 2.38. The molecule has 0 radical (unpaired) electrons. The topological polar surface area (TPSA) is 44.7 Å². The third-order valence-corrected chi connectivity index (χ3v) is 4.95. The summed E-state index contributed by atoms with van der Waals surface area (Å²) >= 11 is 0. The van der Waals surface area contributed by atoms with Crippen LogP contribution in [0.1, 0.15) is 47.0 Å². The molecule has 0 aromatic carbocycles. The minimum Gasteiger partial charge on any atom is -0.393 e. The quantitative estimate of drug-likeness (QED) is 0.813. The van der Waals surface area contributed by atoms with Gasteiger partial charge in [0.25, 0.3) is 0 Å². The zero-order valence-electron chi connectivity index (χ0n) is 14.3. The highest BCUT2D eigenvalue weighted by Crippen LogP contribution is 2.32. The number of nitrogens with zero attached hydrogens (tertiary/aromatic N) is 1. The number of rotatable bonds is 5. The van der Waals surface area contributed by atoms with Crippen LogP contribution in [0.2, 0.25) is 0 Å². The van der Waals surface area contributed by atoms with Gasteiger partial charge in [-0.2, -0.15) is 0 Å². The van der Waals surface area contributed by atoms with E-state index in [-0.39, 0.29) is 17.1 Å². The lowest BCUT2D eigenvalue weighted by molar-refractivity contribution is -0.0268. The van der Waals surface area contributed by atoms with E-state index in [0.717, 1.165) is 45.8 Å². The summed E-state index contributed by atoms with van der Waals surface area (Å²) in [5.41, 5.74) is 0.386. The second-order valence-electron chi connectivity index (χ2n) is 8.28. The first-order chi connectivity index (χ1) is 9.80. The third-order valence-electron chi connectivity index (χ3n) is 4.95. The van der Waals surface area contributed by atoms with Gasteiger partial charge in [0.05, 0.1) is 12.7 Å². The molecule has 4 heteroatoms. The van der Waals surface area contributed by atoms with Crippen LogP contribution >= 0.6 is 0 Å². The molecule has 0 aliphatic carbocycles. The molecule has 2 rings (SSSR count). The predicted octanol–water partition coefficient (Wildman–Crippen LogP) is 1.87. The van der Waals surface area contributed by atoms with Gasteiger partial charge in [0.2, 0.25) is 0 Å². The molecule has 0 amide bonds. The summed E-state index contributed by atoms with van der Waals surface area (Å²) in [6.45, 7) is 14.7. The third kappa shape index (κ3) is 5.20. The molecule has 124 valence electrons. The Morgan fingerprint density at radius 1 is 1.43 bits per heavy atom. The molecule has 2 fully saturated rings. The van der Waals surface area contributed by atoms with Gasteiger partial charge in [-0.15, -0.1) is 0 Å². The van der Waals surface area contributed by atoms with E-state index >= 15 is 0 Å². The van der Waals surface area contributed by atoms with Gasteiger partial charge in [0.1, 0.15) is 0 Å². The van der Waals surface area contributed by atoms with Crippen molar-refractivity contribution in [3.63, 3.8) is 0 Å². The molecule has 3 atom stereocenters. The van der Waals surface area contributed by atoms with Crippen molar-refractivity contribution in [3.05, 3.63) is 0 Å². The van der Waals surface area contributed by atoms with E-state index < -0.39 is 0 Å². The average Bonchev–Trinajstić information content (AvgIpc) is 2.85. The van der Waals surface area contributed by atoms with E-state index in [4.69, 9.17) is 4.74 Å². The van der Waals surface area contributed by atoms with Crippen molar-refractivity contribution in [1.29, 1.82) is 0 Å². The molecule has 0 bridgehead atoms. The van der Waals surface area contributed by atoms with Crippen molar-refractivity contribution in [2.75, 3.05) is 39.4 Å². The zero-order valence-corrected chi connectivity index (χ0v) is 14.3. The van der Waals surface area contributed by atoms with Crippen molar-refractivity contribution in [2.24, 2.45) is 11.3 Å². The minimum atomic E-state index is -0.179. The highest BCUT2D eigenvalue weighted by molar-refractivity contribution is 4.91. The normalized spacial score (nSPS) is 33.3. The van der Waals surface area contributed by atoms with Crippen LogP contribution < -0.4 is 5.32 Å². The molecule has 2 aliphatic rings. The van der Waals surface area contributed by atoms with Gasteiger partial charge < -0.3 is 20.1 Å². The van der Waals surface area contributed by atoms with Crippen molar-refractivity contribution in [2.45, 2.75) is 58.6 Å². The van der Waals surface area contributed by atoms with Gasteiger partial charge in [0.15, 0.2) is 0 Å². The summed E-state index contributed by atoms with van der Waals surface area (Å²) in [5.74, 6) is 0.446. The average molecular weight is 298 g/mol. The second kappa shape index (κ2) is 6.95. The van der Waals surface area contributed by atoms with Crippen LogP contribution in [0, 0.1) is 11.3 Å². The number of nitrogens with one attached hydrogen (secondary N) is 1. The number of ether oxygens (including phenoxy) is 1. The van der Waals surface area contributed by atoms with Gasteiger partial charge in [-0.1, -0.05) is 0 Å². The van der Waals surface area contributed by atoms with E-state index in [2.05, 4.69) is 31.0 Å². The minimum absolute atomic E-state index is 0.150. The van der Waals surface area contributed by atoms with E-state index in [1.54, 1.807) is 0 Å². The van der Waals surface area contributed by atoms with E-state index in [1.807, 2.05) is 6.92 Å². The standard InChI is InChI=1S/C17H34N2O2/c1-14(20)15-6-8-19(10-15)12-17(7-5-9-21-13-17)11-18-16(2,3)4/h14-15,18,20H,5-13H2,1-4H3. The second-order valence-corrected chi connectivity index (χ2v) is 8.28. The van der Waals surface area contributed by atoms with E-state index in [1.165, 1.54) is 12.8 Å². The monoisotopic (exact) mass is 298 g/mol. The molecule has 2 heterocycles. The van der Waals surface area contributed by atoms with Gasteiger partial charge in [-0.3, -0.25) is 0 Å². The van der Waals surface area contributed by atoms with Crippen LogP contribution in [0.3, 0.4) is 0 Å². The number of hydrogen-bond donors (Lipinski definition) is 2. The first-order valence-electron chi connectivity index (χ1n) is 8.53. The van der Waals surface area contributed by atoms with Crippen molar-refractivity contribution in [3.8, 4) is 0 Å². The fourth-order valence-electron chi connectivity index (χ4n) is 3.56.